The minimum Gasteiger partial charge on any atom is -0.498 e. The molecule has 5 nitrogen and oxygen atoms in total. The SMILES string of the molecule is COC(O)C1=COC(C)[C@H]2COC(=O)C[C@H]12. The Balaban J connectivity index is 2.22. The lowest BCUT2D eigenvalue weighted by Gasteiger charge is -2.39. The Morgan fingerprint density at radius 2 is 2.38 bits per heavy atom. The largest absolute Gasteiger partial charge is 0.498 e. The normalized spacial score (nSPS) is 35.6. The van der Waals surface area contributed by atoms with Gasteiger partial charge >= 0.3 is 5.97 Å². The maximum absolute atomic E-state index is 11.3. The van der Waals surface area contributed by atoms with E-state index in [1.807, 2.05) is 6.92 Å². The van der Waals surface area contributed by atoms with Gasteiger partial charge in [0.1, 0.15) is 6.10 Å². The lowest BCUT2D eigenvalue weighted by molar-refractivity contribution is -0.158. The molecule has 0 saturated carbocycles. The summed E-state index contributed by atoms with van der Waals surface area (Å²) in [6.07, 6.45) is 0.778. The van der Waals surface area contributed by atoms with Gasteiger partial charge in [-0.15, -0.1) is 0 Å². The lowest BCUT2D eigenvalue weighted by Crippen LogP contribution is -2.43. The first-order valence-corrected chi connectivity index (χ1v) is 5.35. The number of hydrogen-bond donors (Lipinski definition) is 1. The third-order valence-corrected chi connectivity index (χ3v) is 3.30. The van der Waals surface area contributed by atoms with E-state index in [4.69, 9.17) is 14.2 Å². The van der Waals surface area contributed by atoms with Crippen molar-refractivity contribution in [2.45, 2.75) is 25.7 Å². The Kier molecular flexibility index (Phi) is 3.16. The first-order chi connectivity index (χ1) is 7.63. The summed E-state index contributed by atoms with van der Waals surface area (Å²) in [6, 6.07) is 0. The summed E-state index contributed by atoms with van der Waals surface area (Å²) in [5.41, 5.74) is 0.627. The van der Waals surface area contributed by atoms with Crippen molar-refractivity contribution in [3.05, 3.63) is 11.8 Å². The lowest BCUT2D eigenvalue weighted by atomic mass is 9.78. The monoisotopic (exact) mass is 228 g/mol. The molecule has 0 radical (unpaired) electrons. The van der Waals surface area contributed by atoms with E-state index in [0.717, 1.165) is 0 Å². The fourth-order valence-electron chi connectivity index (χ4n) is 2.27. The molecule has 0 aromatic heterocycles. The standard InChI is InChI=1S/C11H16O5/c1-6-8-4-16-10(12)3-7(8)9(5-15-6)11(13)14-2/h5-8,11,13H,3-4H2,1-2H3/t6?,7-,8+,11?/m0/s1. The summed E-state index contributed by atoms with van der Waals surface area (Å²) < 4.78 is 15.3. The quantitative estimate of drug-likeness (QED) is 0.548. The van der Waals surface area contributed by atoms with Gasteiger partial charge in [0.2, 0.25) is 0 Å². The topological polar surface area (TPSA) is 65.0 Å². The summed E-state index contributed by atoms with van der Waals surface area (Å²) in [6.45, 7) is 2.28. The highest BCUT2D eigenvalue weighted by Crippen LogP contribution is 2.37. The van der Waals surface area contributed by atoms with Crippen LogP contribution in [0.1, 0.15) is 13.3 Å². The molecule has 1 fully saturated rings. The second-order valence-electron chi connectivity index (χ2n) is 4.20. The molecule has 0 aromatic carbocycles. The molecule has 2 aliphatic heterocycles. The van der Waals surface area contributed by atoms with Crippen molar-refractivity contribution in [3.8, 4) is 0 Å². The molecule has 2 aliphatic rings. The summed E-state index contributed by atoms with van der Waals surface area (Å²) in [7, 11) is 1.42. The van der Waals surface area contributed by atoms with Crippen LogP contribution in [0.25, 0.3) is 0 Å². The van der Waals surface area contributed by atoms with Gasteiger partial charge in [-0.1, -0.05) is 0 Å². The Hall–Kier alpha value is -1.07. The molecular weight excluding hydrogens is 212 g/mol. The molecule has 2 unspecified atom stereocenters. The minimum atomic E-state index is -1.01. The third kappa shape index (κ3) is 1.92. The van der Waals surface area contributed by atoms with Crippen molar-refractivity contribution >= 4 is 5.97 Å². The van der Waals surface area contributed by atoms with Gasteiger partial charge in [0, 0.05) is 24.5 Å². The van der Waals surface area contributed by atoms with E-state index in [1.165, 1.54) is 13.4 Å². The molecule has 0 aromatic rings. The average Bonchev–Trinajstić information content (AvgIpc) is 2.28. The van der Waals surface area contributed by atoms with Gasteiger partial charge in [-0.05, 0) is 6.92 Å². The van der Waals surface area contributed by atoms with E-state index in [1.54, 1.807) is 0 Å². The Morgan fingerprint density at radius 3 is 3.06 bits per heavy atom. The summed E-state index contributed by atoms with van der Waals surface area (Å²) in [5, 5.41) is 9.67. The molecule has 4 atom stereocenters. The average molecular weight is 228 g/mol. The Bertz CT molecular complexity index is 311. The third-order valence-electron chi connectivity index (χ3n) is 3.30. The zero-order chi connectivity index (χ0) is 11.7. The van der Waals surface area contributed by atoms with Crippen molar-refractivity contribution in [3.63, 3.8) is 0 Å². The molecule has 0 amide bonds. The molecule has 5 heteroatoms. The molecule has 0 aliphatic carbocycles. The maximum Gasteiger partial charge on any atom is 0.306 e. The van der Waals surface area contributed by atoms with Crippen molar-refractivity contribution in [1.29, 1.82) is 0 Å². The number of cyclic esters (lactones) is 1. The first kappa shape index (κ1) is 11.4. The Morgan fingerprint density at radius 1 is 1.62 bits per heavy atom. The highest BCUT2D eigenvalue weighted by molar-refractivity contribution is 5.71. The summed E-state index contributed by atoms with van der Waals surface area (Å²) >= 11 is 0. The number of aliphatic hydroxyl groups excluding tert-OH is 1. The van der Waals surface area contributed by atoms with Gasteiger partial charge in [0.15, 0.2) is 6.29 Å². The van der Waals surface area contributed by atoms with Crippen LogP contribution < -0.4 is 0 Å². The van der Waals surface area contributed by atoms with Gasteiger partial charge in [0.25, 0.3) is 0 Å². The second kappa shape index (κ2) is 4.43. The predicted octanol–water partition coefficient (Wildman–Crippen LogP) is 0.433. The van der Waals surface area contributed by atoms with Gasteiger partial charge in [0.05, 0.1) is 19.3 Å². The number of aliphatic hydroxyl groups is 1. The number of rotatable bonds is 2. The number of methoxy groups -OCH3 is 1. The molecular formula is C11H16O5. The fraction of sp³-hybridized carbons (Fsp3) is 0.727. The minimum absolute atomic E-state index is 0.00842. The van der Waals surface area contributed by atoms with Crippen LogP contribution >= 0.6 is 0 Å². The molecule has 16 heavy (non-hydrogen) atoms. The van der Waals surface area contributed by atoms with Crippen LogP contribution in [0.5, 0.6) is 0 Å². The van der Waals surface area contributed by atoms with Gasteiger partial charge in [-0.25, -0.2) is 0 Å². The smallest absolute Gasteiger partial charge is 0.306 e. The molecule has 1 saturated heterocycles. The predicted molar refractivity (Wildman–Crippen MR) is 54.2 cm³/mol. The van der Waals surface area contributed by atoms with E-state index < -0.39 is 6.29 Å². The van der Waals surface area contributed by atoms with Crippen LogP contribution in [0.15, 0.2) is 11.8 Å². The zero-order valence-electron chi connectivity index (χ0n) is 9.38. The van der Waals surface area contributed by atoms with Crippen LogP contribution in [0.2, 0.25) is 0 Å². The van der Waals surface area contributed by atoms with Crippen LogP contribution in [-0.4, -0.2) is 37.2 Å². The fourth-order valence-corrected chi connectivity index (χ4v) is 2.27. The molecule has 2 rings (SSSR count). The van der Waals surface area contributed by atoms with Gasteiger partial charge in [-0.2, -0.15) is 0 Å². The number of hydrogen-bond acceptors (Lipinski definition) is 5. The van der Waals surface area contributed by atoms with E-state index >= 15 is 0 Å². The van der Waals surface area contributed by atoms with Crippen LogP contribution in [0.4, 0.5) is 0 Å². The van der Waals surface area contributed by atoms with Crippen LogP contribution in [0, 0.1) is 11.8 Å². The molecule has 1 N–H and O–H groups in total. The number of carbonyl (C=O) groups is 1. The first-order valence-electron chi connectivity index (χ1n) is 5.35. The molecule has 0 spiro atoms. The van der Waals surface area contributed by atoms with Crippen molar-refractivity contribution in [2.24, 2.45) is 11.8 Å². The van der Waals surface area contributed by atoms with E-state index in [9.17, 15) is 9.90 Å². The summed E-state index contributed by atoms with van der Waals surface area (Å²) in [4.78, 5) is 11.3. The number of fused-ring (bicyclic) bond motifs is 1. The van der Waals surface area contributed by atoms with Crippen LogP contribution in [0.3, 0.4) is 0 Å². The second-order valence-corrected chi connectivity index (χ2v) is 4.20. The Labute approximate surface area is 94.0 Å². The summed E-state index contributed by atoms with van der Waals surface area (Å²) in [5.74, 6) is -0.174. The molecule has 90 valence electrons. The van der Waals surface area contributed by atoms with Crippen molar-refractivity contribution < 1.29 is 24.1 Å². The van der Waals surface area contributed by atoms with Gasteiger partial charge in [-0.3, -0.25) is 4.79 Å². The van der Waals surface area contributed by atoms with E-state index in [0.29, 0.717) is 12.2 Å². The molecule has 2 heterocycles. The number of ether oxygens (including phenoxy) is 3. The number of esters is 1. The van der Waals surface area contributed by atoms with Crippen molar-refractivity contribution in [1.82, 2.24) is 0 Å². The van der Waals surface area contributed by atoms with Crippen molar-refractivity contribution in [2.75, 3.05) is 13.7 Å². The maximum atomic E-state index is 11.3. The zero-order valence-corrected chi connectivity index (χ0v) is 9.38. The van der Waals surface area contributed by atoms with Crippen LogP contribution in [-0.2, 0) is 19.0 Å². The number of carbonyl (C=O) groups excluding carboxylic acids is 1. The molecule has 0 bridgehead atoms. The highest BCUT2D eigenvalue weighted by atomic mass is 16.6. The van der Waals surface area contributed by atoms with Gasteiger partial charge < -0.3 is 19.3 Å². The van der Waals surface area contributed by atoms with E-state index in [2.05, 4.69) is 0 Å². The van der Waals surface area contributed by atoms with E-state index in [-0.39, 0.29) is 30.3 Å². The highest BCUT2D eigenvalue weighted by Gasteiger charge is 2.42.